The van der Waals surface area contributed by atoms with Crippen molar-refractivity contribution >= 4 is 16.8 Å². The lowest BCUT2D eigenvalue weighted by Gasteiger charge is -2.25. The van der Waals surface area contributed by atoms with Gasteiger partial charge in [-0.25, -0.2) is 4.98 Å². The Balaban J connectivity index is 1.81. The van der Waals surface area contributed by atoms with E-state index in [1.807, 2.05) is 23.1 Å². The van der Waals surface area contributed by atoms with Crippen molar-refractivity contribution in [3.63, 3.8) is 0 Å². The zero-order chi connectivity index (χ0) is 15.3. The average Bonchev–Trinajstić information content (AvgIpc) is 3.27. The first-order chi connectivity index (χ1) is 10.7. The van der Waals surface area contributed by atoms with Gasteiger partial charge in [0, 0.05) is 19.5 Å². The van der Waals surface area contributed by atoms with Crippen molar-refractivity contribution in [2.45, 2.75) is 31.7 Å². The molecule has 1 aromatic carbocycles. The van der Waals surface area contributed by atoms with Crippen LogP contribution in [0.4, 0.5) is 0 Å². The zero-order valence-corrected chi connectivity index (χ0v) is 12.7. The molecule has 1 aliphatic carbocycles. The summed E-state index contributed by atoms with van der Waals surface area (Å²) in [5, 5.41) is 0.631. The molecule has 0 spiro atoms. The Bertz CT molecular complexity index is 807. The molecule has 1 unspecified atom stereocenters. The molecule has 5 heteroatoms. The van der Waals surface area contributed by atoms with Crippen molar-refractivity contribution in [3.8, 4) is 0 Å². The molecular weight excluding hydrogens is 278 g/mol. The van der Waals surface area contributed by atoms with Crippen molar-refractivity contribution in [3.05, 3.63) is 40.4 Å². The second-order valence-electron chi connectivity index (χ2n) is 6.32. The number of likely N-dealkylation sites (tertiary alicyclic amines) is 1. The van der Waals surface area contributed by atoms with Crippen LogP contribution in [0.5, 0.6) is 0 Å². The number of hydrogen-bond donors (Lipinski definition) is 0. The smallest absolute Gasteiger partial charge is 0.261 e. The maximum absolute atomic E-state index is 12.5. The van der Waals surface area contributed by atoms with E-state index in [1.165, 1.54) is 0 Å². The fourth-order valence-corrected chi connectivity index (χ4v) is 3.40. The summed E-state index contributed by atoms with van der Waals surface area (Å²) < 4.78 is 1.62. The molecule has 0 bridgehead atoms. The van der Waals surface area contributed by atoms with Crippen LogP contribution in [0.3, 0.4) is 0 Å². The van der Waals surface area contributed by atoms with Gasteiger partial charge in [0.05, 0.1) is 16.9 Å². The summed E-state index contributed by atoms with van der Waals surface area (Å²) in [4.78, 5) is 31.6. The van der Waals surface area contributed by atoms with Crippen LogP contribution in [-0.2, 0) is 11.8 Å². The van der Waals surface area contributed by atoms with Crippen molar-refractivity contribution in [1.29, 1.82) is 0 Å². The SMILES string of the molecule is Cn1c(C2CCCN2C(=O)C2CC2)nc2ccccc2c1=O. The Morgan fingerprint density at radius 1 is 1.23 bits per heavy atom. The molecule has 22 heavy (non-hydrogen) atoms. The number of carbonyl (C=O) groups is 1. The normalized spacial score (nSPS) is 21.5. The summed E-state index contributed by atoms with van der Waals surface area (Å²) in [5.41, 5.74) is 0.678. The molecule has 1 aliphatic heterocycles. The summed E-state index contributed by atoms with van der Waals surface area (Å²) >= 11 is 0. The van der Waals surface area contributed by atoms with E-state index in [-0.39, 0.29) is 23.4 Å². The van der Waals surface area contributed by atoms with E-state index in [4.69, 9.17) is 4.98 Å². The number of aromatic nitrogens is 2. The first kappa shape index (κ1) is 13.5. The van der Waals surface area contributed by atoms with E-state index in [1.54, 1.807) is 17.7 Å². The summed E-state index contributed by atoms with van der Waals surface area (Å²) in [6.07, 6.45) is 3.88. The van der Waals surface area contributed by atoms with E-state index < -0.39 is 0 Å². The molecule has 5 nitrogen and oxygen atoms in total. The maximum atomic E-state index is 12.5. The predicted octanol–water partition coefficient (Wildman–Crippen LogP) is 2.01. The molecule has 1 atom stereocenters. The van der Waals surface area contributed by atoms with Gasteiger partial charge in [0.1, 0.15) is 5.82 Å². The highest BCUT2D eigenvalue weighted by atomic mass is 16.2. The molecular formula is C17H19N3O2. The molecule has 1 amide bonds. The number of rotatable bonds is 2. The van der Waals surface area contributed by atoms with E-state index in [2.05, 4.69) is 0 Å². The van der Waals surface area contributed by atoms with Crippen LogP contribution in [-0.4, -0.2) is 26.9 Å². The monoisotopic (exact) mass is 297 g/mol. The fraction of sp³-hybridized carbons (Fsp3) is 0.471. The first-order valence-corrected chi connectivity index (χ1v) is 7.93. The number of benzene rings is 1. The Morgan fingerprint density at radius 3 is 2.77 bits per heavy atom. The molecule has 0 N–H and O–H groups in total. The number of nitrogens with zero attached hydrogens (tertiary/aromatic N) is 3. The van der Waals surface area contributed by atoms with Gasteiger partial charge in [-0.05, 0) is 37.8 Å². The predicted molar refractivity (Wildman–Crippen MR) is 83.4 cm³/mol. The van der Waals surface area contributed by atoms with Crippen molar-refractivity contribution in [2.24, 2.45) is 13.0 Å². The molecule has 2 fully saturated rings. The molecule has 1 saturated carbocycles. The molecule has 1 saturated heterocycles. The quantitative estimate of drug-likeness (QED) is 0.852. The first-order valence-electron chi connectivity index (χ1n) is 7.93. The highest BCUT2D eigenvalue weighted by molar-refractivity contribution is 5.82. The van der Waals surface area contributed by atoms with Gasteiger partial charge in [0.2, 0.25) is 5.91 Å². The number of carbonyl (C=O) groups excluding carboxylic acids is 1. The second kappa shape index (κ2) is 4.93. The average molecular weight is 297 g/mol. The van der Waals surface area contributed by atoms with Crippen LogP contribution in [0.15, 0.2) is 29.1 Å². The van der Waals surface area contributed by atoms with Crippen LogP contribution in [0.1, 0.15) is 37.5 Å². The van der Waals surface area contributed by atoms with Gasteiger partial charge in [-0.15, -0.1) is 0 Å². The van der Waals surface area contributed by atoms with Gasteiger partial charge in [-0.1, -0.05) is 12.1 Å². The lowest BCUT2D eigenvalue weighted by atomic mass is 10.1. The number of amides is 1. The van der Waals surface area contributed by atoms with Gasteiger partial charge in [-0.3, -0.25) is 14.2 Å². The second-order valence-corrected chi connectivity index (χ2v) is 6.32. The minimum Gasteiger partial charge on any atom is -0.332 e. The minimum atomic E-state index is -0.0598. The summed E-state index contributed by atoms with van der Waals surface area (Å²) in [6.45, 7) is 0.780. The maximum Gasteiger partial charge on any atom is 0.261 e. The standard InChI is InChI=1S/C17H19N3O2/c1-19-15(18-13-6-3-2-5-12(13)17(19)22)14-7-4-10-20(14)16(21)11-8-9-11/h2-3,5-6,11,14H,4,7-10H2,1H3. The minimum absolute atomic E-state index is 0.0358. The lowest BCUT2D eigenvalue weighted by Crippen LogP contribution is -2.35. The topological polar surface area (TPSA) is 55.2 Å². The van der Waals surface area contributed by atoms with Crippen LogP contribution in [0.25, 0.3) is 10.9 Å². The van der Waals surface area contributed by atoms with Crippen LogP contribution in [0, 0.1) is 5.92 Å². The van der Waals surface area contributed by atoms with Crippen LogP contribution < -0.4 is 5.56 Å². The Labute approximate surface area is 128 Å². The summed E-state index contributed by atoms with van der Waals surface area (Å²) in [7, 11) is 1.76. The van der Waals surface area contributed by atoms with Crippen molar-refractivity contribution < 1.29 is 4.79 Å². The zero-order valence-electron chi connectivity index (χ0n) is 12.7. The Hall–Kier alpha value is -2.17. The highest BCUT2D eigenvalue weighted by Crippen LogP contribution is 2.38. The lowest BCUT2D eigenvalue weighted by molar-refractivity contribution is -0.133. The third-order valence-electron chi connectivity index (χ3n) is 4.78. The van der Waals surface area contributed by atoms with Crippen LogP contribution in [0.2, 0.25) is 0 Å². The number of para-hydroxylation sites is 1. The van der Waals surface area contributed by atoms with Gasteiger partial charge in [0.25, 0.3) is 5.56 Å². The summed E-state index contributed by atoms with van der Waals surface area (Å²) in [6, 6.07) is 7.35. The third kappa shape index (κ3) is 2.03. The molecule has 2 heterocycles. The van der Waals surface area contributed by atoms with Crippen molar-refractivity contribution in [1.82, 2.24) is 14.5 Å². The Kier molecular flexibility index (Phi) is 3.03. The van der Waals surface area contributed by atoms with E-state index in [9.17, 15) is 9.59 Å². The van der Waals surface area contributed by atoms with E-state index in [0.29, 0.717) is 10.9 Å². The molecule has 4 rings (SSSR count). The van der Waals surface area contributed by atoms with Gasteiger partial charge >= 0.3 is 0 Å². The van der Waals surface area contributed by atoms with Gasteiger partial charge in [0.15, 0.2) is 0 Å². The molecule has 2 aromatic rings. The van der Waals surface area contributed by atoms with Gasteiger partial charge < -0.3 is 4.90 Å². The van der Waals surface area contributed by atoms with E-state index in [0.717, 1.165) is 38.1 Å². The van der Waals surface area contributed by atoms with Crippen molar-refractivity contribution in [2.75, 3.05) is 6.54 Å². The summed E-state index contributed by atoms with van der Waals surface area (Å²) in [5.74, 6) is 1.16. The van der Waals surface area contributed by atoms with E-state index >= 15 is 0 Å². The number of fused-ring (bicyclic) bond motifs is 1. The molecule has 1 aromatic heterocycles. The van der Waals surface area contributed by atoms with Crippen LogP contribution >= 0.6 is 0 Å². The Morgan fingerprint density at radius 2 is 2.00 bits per heavy atom. The molecule has 114 valence electrons. The number of hydrogen-bond acceptors (Lipinski definition) is 3. The third-order valence-corrected chi connectivity index (χ3v) is 4.78. The van der Waals surface area contributed by atoms with Gasteiger partial charge in [-0.2, -0.15) is 0 Å². The molecule has 2 aliphatic rings. The molecule has 0 radical (unpaired) electrons. The largest absolute Gasteiger partial charge is 0.332 e. The fourth-order valence-electron chi connectivity index (χ4n) is 3.40. The highest BCUT2D eigenvalue weighted by Gasteiger charge is 2.40.